The molecule has 0 radical (unpaired) electrons. The molecule has 0 amide bonds. The summed E-state index contributed by atoms with van der Waals surface area (Å²) in [5, 5.41) is 21.2. The highest BCUT2D eigenvalue weighted by atomic mass is 16.5. The second-order valence-electron chi connectivity index (χ2n) is 6.77. The van der Waals surface area contributed by atoms with Crippen LogP contribution in [0.4, 0.5) is 0 Å². The van der Waals surface area contributed by atoms with Crippen LogP contribution in [-0.2, 0) is 0 Å². The van der Waals surface area contributed by atoms with Gasteiger partial charge in [0.1, 0.15) is 28.7 Å². The van der Waals surface area contributed by atoms with Crippen LogP contribution in [0.15, 0.2) is 51.0 Å². The van der Waals surface area contributed by atoms with Crippen LogP contribution in [0.3, 0.4) is 0 Å². The van der Waals surface area contributed by atoms with Gasteiger partial charge in [-0.3, -0.25) is 0 Å². The number of methoxy groups -OCH3 is 2. The van der Waals surface area contributed by atoms with Crippen molar-refractivity contribution in [3.05, 3.63) is 68.9 Å². The molecule has 1 aliphatic heterocycles. The summed E-state index contributed by atoms with van der Waals surface area (Å²) in [6, 6.07) is 9.97. The Hall–Kier alpha value is -4.12. The minimum Gasteiger partial charge on any atom is -0.507 e. The van der Waals surface area contributed by atoms with E-state index in [-0.39, 0.29) is 28.5 Å². The van der Waals surface area contributed by atoms with Crippen LogP contribution in [0.1, 0.15) is 22.6 Å². The number of nitrogens with two attached hydrogens (primary N) is 1. The fourth-order valence-corrected chi connectivity index (χ4v) is 3.88. The minimum absolute atomic E-state index is 0.110. The average Bonchev–Trinajstić information content (AvgIpc) is 2.71. The molecule has 0 spiro atoms. The number of nitrogens with zero attached hydrogens (tertiary/aromatic N) is 1. The monoisotopic (exact) mass is 406 g/mol. The highest BCUT2D eigenvalue weighted by molar-refractivity contribution is 5.91. The molecule has 1 aromatic heterocycles. The van der Waals surface area contributed by atoms with Gasteiger partial charge in [0.05, 0.1) is 31.1 Å². The van der Waals surface area contributed by atoms with Gasteiger partial charge in [0.25, 0.3) is 0 Å². The van der Waals surface area contributed by atoms with Gasteiger partial charge >= 0.3 is 5.63 Å². The molecule has 3 N–H and O–H groups in total. The number of fused-ring (bicyclic) bond motifs is 3. The van der Waals surface area contributed by atoms with E-state index >= 15 is 0 Å². The number of benzene rings is 2. The smallest absolute Gasteiger partial charge is 0.336 e. The zero-order valence-electron chi connectivity index (χ0n) is 16.5. The Labute approximate surface area is 171 Å². The van der Waals surface area contributed by atoms with Crippen molar-refractivity contribution in [1.29, 1.82) is 5.26 Å². The molecule has 4 rings (SSSR count). The predicted molar refractivity (Wildman–Crippen MR) is 108 cm³/mol. The zero-order valence-corrected chi connectivity index (χ0v) is 16.5. The number of hydrogen-bond acceptors (Lipinski definition) is 8. The Bertz CT molecular complexity index is 1320. The van der Waals surface area contributed by atoms with Crippen LogP contribution in [0.25, 0.3) is 11.0 Å². The lowest BCUT2D eigenvalue weighted by molar-refractivity contribution is 0.348. The van der Waals surface area contributed by atoms with Crippen molar-refractivity contribution >= 4 is 11.0 Å². The van der Waals surface area contributed by atoms with Crippen molar-refractivity contribution in [3.63, 3.8) is 0 Å². The second-order valence-corrected chi connectivity index (χ2v) is 6.77. The molecule has 30 heavy (non-hydrogen) atoms. The maximum Gasteiger partial charge on any atom is 0.336 e. The van der Waals surface area contributed by atoms with Crippen LogP contribution in [-0.4, -0.2) is 19.3 Å². The number of rotatable bonds is 3. The first-order valence-electron chi connectivity index (χ1n) is 9.00. The Morgan fingerprint density at radius 2 is 2.00 bits per heavy atom. The Balaban J connectivity index is 2.13. The fourth-order valence-electron chi connectivity index (χ4n) is 3.88. The molecule has 0 unspecified atom stereocenters. The number of ether oxygens (including phenoxy) is 3. The minimum atomic E-state index is -0.792. The SMILES string of the molecule is COc1cccc([C@H]2C(C#N)=C(N)Oc3c2c(O)cc2oc(=O)cc(C)c32)c1OC. The quantitative estimate of drug-likeness (QED) is 0.635. The van der Waals surface area contributed by atoms with Crippen molar-refractivity contribution in [1.82, 2.24) is 0 Å². The third-order valence-corrected chi connectivity index (χ3v) is 5.12. The number of aryl methyl sites for hydroxylation is 1. The van der Waals surface area contributed by atoms with E-state index in [1.165, 1.54) is 26.4 Å². The van der Waals surface area contributed by atoms with E-state index in [9.17, 15) is 15.2 Å². The molecule has 2 heterocycles. The molecule has 0 bridgehead atoms. The Kier molecular flexibility index (Phi) is 4.51. The lowest BCUT2D eigenvalue weighted by atomic mass is 9.81. The average molecular weight is 406 g/mol. The Morgan fingerprint density at radius 3 is 2.67 bits per heavy atom. The van der Waals surface area contributed by atoms with Gasteiger partial charge in [0.15, 0.2) is 11.5 Å². The summed E-state index contributed by atoms with van der Waals surface area (Å²) < 4.78 is 21.9. The fraction of sp³-hybridized carbons (Fsp3) is 0.182. The van der Waals surface area contributed by atoms with Gasteiger partial charge in [-0.05, 0) is 18.6 Å². The summed E-state index contributed by atoms with van der Waals surface area (Å²) >= 11 is 0. The van der Waals surface area contributed by atoms with E-state index in [4.69, 9.17) is 24.4 Å². The molecule has 152 valence electrons. The molecule has 0 fully saturated rings. The molecule has 2 aromatic carbocycles. The standard InChI is InChI=1S/C22H18N2O6/c1-10-7-16(26)29-15-8-13(25)19-18(11-5-4-6-14(27-2)20(11)28-3)12(9-23)22(24)30-21(19)17(10)15/h4-8,18,25H,24H2,1-3H3/t18-/m0/s1. The predicted octanol–water partition coefficient (Wildman–Crippen LogP) is 3.04. The molecule has 1 aliphatic rings. The molecule has 8 nitrogen and oxygen atoms in total. The number of nitriles is 1. The van der Waals surface area contributed by atoms with Crippen molar-refractivity contribution in [3.8, 4) is 29.1 Å². The summed E-state index contributed by atoms with van der Waals surface area (Å²) in [5.74, 6) is -0.0357. The van der Waals surface area contributed by atoms with Gasteiger partial charge < -0.3 is 29.5 Å². The summed E-state index contributed by atoms with van der Waals surface area (Å²) in [6.07, 6.45) is 0. The van der Waals surface area contributed by atoms with Crippen molar-refractivity contribution < 1.29 is 23.7 Å². The van der Waals surface area contributed by atoms with Crippen molar-refractivity contribution in [2.24, 2.45) is 5.73 Å². The first-order chi connectivity index (χ1) is 14.4. The van der Waals surface area contributed by atoms with Crippen LogP contribution in [0.2, 0.25) is 0 Å². The summed E-state index contributed by atoms with van der Waals surface area (Å²) in [7, 11) is 2.99. The van der Waals surface area contributed by atoms with E-state index in [0.717, 1.165) is 0 Å². The van der Waals surface area contributed by atoms with E-state index in [1.807, 2.05) is 0 Å². The van der Waals surface area contributed by atoms with Gasteiger partial charge in [-0.25, -0.2) is 4.79 Å². The van der Waals surface area contributed by atoms with E-state index in [2.05, 4.69) is 6.07 Å². The van der Waals surface area contributed by atoms with E-state index < -0.39 is 11.5 Å². The number of phenolic OH excluding ortho intramolecular Hbond substituents is 1. The lowest BCUT2D eigenvalue weighted by Crippen LogP contribution is -2.22. The zero-order chi connectivity index (χ0) is 21.6. The number of phenols is 1. The van der Waals surface area contributed by atoms with E-state index in [0.29, 0.717) is 33.6 Å². The van der Waals surface area contributed by atoms with Gasteiger partial charge in [-0.2, -0.15) is 5.26 Å². The Morgan fingerprint density at radius 1 is 1.23 bits per heavy atom. The maximum atomic E-state index is 11.8. The highest BCUT2D eigenvalue weighted by Crippen LogP contribution is 2.52. The third-order valence-electron chi connectivity index (χ3n) is 5.12. The normalized spacial score (nSPS) is 15.3. The van der Waals surface area contributed by atoms with Gasteiger partial charge in [-0.1, -0.05) is 12.1 Å². The summed E-state index contributed by atoms with van der Waals surface area (Å²) in [4.78, 5) is 11.8. The van der Waals surface area contributed by atoms with Crippen molar-refractivity contribution in [2.45, 2.75) is 12.8 Å². The highest BCUT2D eigenvalue weighted by Gasteiger charge is 2.37. The second kappa shape index (κ2) is 7.04. The van der Waals surface area contributed by atoms with Crippen LogP contribution >= 0.6 is 0 Å². The number of allylic oxidation sites excluding steroid dienone is 1. The molecule has 3 aromatic rings. The first kappa shape index (κ1) is 19.2. The largest absolute Gasteiger partial charge is 0.507 e. The van der Waals surface area contributed by atoms with Crippen LogP contribution in [0, 0.1) is 18.3 Å². The summed E-state index contributed by atoms with van der Waals surface area (Å²) in [5.41, 5.74) is 7.28. The van der Waals surface area contributed by atoms with Gasteiger partial charge in [0, 0.05) is 17.7 Å². The van der Waals surface area contributed by atoms with E-state index in [1.54, 1.807) is 25.1 Å². The van der Waals surface area contributed by atoms with Crippen LogP contribution < -0.4 is 25.6 Å². The molecule has 0 saturated carbocycles. The molecular formula is C22H18N2O6. The molecular weight excluding hydrogens is 388 g/mol. The number of aromatic hydroxyl groups is 1. The molecule has 0 saturated heterocycles. The molecule has 0 aliphatic carbocycles. The van der Waals surface area contributed by atoms with Gasteiger partial charge in [-0.15, -0.1) is 0 Å². The summed E-state index contributed by atoms with van der Waals surface area (Å²) in [6.45, 7) is 1.72. The van der Waals surface area contributed by atoms with Gasteiger partial charge in [0.2, 0.25) is 5.88 Å². The maximum absolute atomic E-state index is 11.8. The number of hydrogen-bond donors (Lipinski definition) is 2. The van der Waals surface area contributed by atoms with Crippen LogP contribution in [0.5, 0.6) is 23.0 Å². The number of para-hydroxylation sites is 1. The topological polar surface area (TPSA) is 128 Å². The lowest BCUT2D eigenvalue weighted by Gasteiger charge is -2.29. The third kappa shape index (κ3) is 2.71. The first-order valence-corrected chi connectivity index (χ1v) is 9.00. The van der Waals surface area contributed by atoms with Crippen molar-refractivity contribution in [2.75, 3.05) is 14.2 Å². The molecule has 8 heteroatoms. The molecule has 1 atom stereocenters.